The van der Waals surface area contributed by atoms with E-state index in [2.05, 4.69) is 0 Å². The van der Waals surface area contributed by atoms with Crippen molar-refractivity contribution in [3.8, 4) is 0 Å². The summed E-state index contributed by atoms with van der Waals surface area (Å²) >= 11 is 0. The van der Waals surface area contributed by atoms with E-state index in [0.717, 1.165) is 12.8 Å². The van der Waals surface area contributed by atoms with E-state index in [-0.39, 0.29) is 6.16 Å². The van der Waals surface area contributed by atoms with Gasteiger partial charge in [-0.1, -0.05) is 12.8 Å². The molecule has 11 heteroatoms. The van der Waals surface area contributed by atoms with Crippen molar-refractivity contribution in [2.45, 2.75) is 49.9 Å². The first-order valence-corrected chi connectivity index (χ1v) is 8.80. The maximum atomic E-state index is 11.9. The molecule has 0 aliphatic carbocycles. The van der Waals surface area contributed by atoms with E-state index in [0.29, 0.717) is 32.2 Å². The van der Waals surface area contributed by atoms with Crippen LogP contribution in [0.1, 0.15) is 38.5 Å². The molecule has 0 saturated carbocycles. The number of carboxylic acids is 2. The van der Waals surface area contributed by atoms with Gasteiger partial charge in [0.05, 0.1) is 0 Å². The maximum Gasteiger partial charge on any atom is 0.490 e. The number of unbranched alkanes of at least 4 members (excludes halogenated alkanes) is 2. The van der Waals surface area contributed by atoms with Crippen molar-refractivity contribution in [2.24, 2.45) is 5.73 Å². The first kappa shape index (κ1) is 21.9. The SMILES string of the molecule is NCCCCCC1(C(=O)O)CCCP1(=O)O.O=C(O)C(F)(F)F. The third-order valence-electron chi connectivity index (χ3n) is 3.66. The van der Waals surface area contributed by atoms with Gasteiger partial charge in [-0.25, -0.2) is 4.79 Å². The van der Waals surface area contributed by atoms with Crippen LogP contribution in [0.5, 0.6) is 0 Å². The zero-order valence-corrected chi connectivity index (χ0v) is 13.3. The summed E-state index contributed by atoms with van der Waals surface area (Å²) in [7, 11) is -3.52. The minimum Gasteiger partial charge on any atom is -0.480 e. The lowest BCUT2D eigenvalue weighted by atomic mass is 9.96. The molecule has 1 rings (SSSR count). The fourth-order valence-electron chi connectivity index (χ4n) is 2.38. The Kier molecular flexibility index (Phi) is 8.23. The summed E-state index contributed by atoms with van der Waals surface area (Å²) in [5.41, 5.74) is 5.35. The number of alkyl halides is 3. The van der Waals surface area contributed by atoms with Gasteiger partial charge in [-0.05, 0) is 32.2 Å². The Balaban J connectivity index is 0.000000585. The lowest BCUT2D eigenvalue weighted by Gasteiger charge is -2.27. The Hall–Kier alpha value is -1.12. The molecule has 1 heterocycles. The summed E-state index contributed by atoms with van der Waals surface area (Å²) in [5.74, 6) is -3.86. The molecule has 0 bridgehead atoms. The molecule has 0 amide bonds. The Labute approximate surface area is 131 Å². The molecule has 0 aromatic rings. The molecule has 0 aromatic heterocycles. The molecule has 0 radical (unpaired) electrons. The van der Waals surface area contributed by atoms with Crippen molar-refractivity contribution >= 4 is 19.3 Å². The summed E-state index contributed by atoms with van der Waals surface area (Å²) in [6.07, 6.45) is -1.44. The number of hydrogen-bond acceptors (Lipinski definition) is 4. The van der Waals surface area contributed by atoms with Gasteiger partial charge in [0, 0.05) is 6.16 Å². The average molecular weight is 363 g/mol. The molecule has 1 saturated heterocycles. The van der Waals surface area contributed by atoms with Gasteiger partial charge in [-0.15, -0.1) is 0 Å². The van der Waals surface area contributed by atoms with E-state index < -0.39 is 30.6 Å². The van der Waals surface area contributed by atoms with E-state index >= 15 is 0 Å². The summed E-state index contributed by atoms with van der Waals surface area (Å²) in [6.45, 7) is 0.580. The smallest absolute Gasteiger partial charge is 0.480 e. The first-order valence-electron chi connectivity index (χ1n) is 6.96. The van der Waals surface area contributed by atoms with Gasteiger partial charge in [0.2, 0.25) is 7.37 Å². The molecule has 23 heavy (non-hydrogen) atoms. The molecule has 136 valence electrons. The molecule has 1 fully saturated rings. The second kappa shape index (κ2) is 8.65. The van der Waals surface area contributed by atoms with E-state index in [1.165, 1.54) is 0 Å². The minimum atomic E-state index is -5.08. The number of carbonyl (C=O) groups is 2. The fourth-order valence-corrected chi connectivity index (χ4v) is 4.70. The highest BCUT2D eigenvalue weighted by molar-refractivity contribution is 7.61. The van der Waals surface area contributed by atoms with E-state index in [4.69, 9.17) is 15.6 Å². The van der Waals surface area contributed by atoms with Gasteiger partial charge in [-0.2, -0.15) is 13.2 Å². The summed E-state index contributed by atoms with van der Waals surface area (Å²) in [6, 6.07) is 0. The second-order valence-corrected chi connectivity index (χ2v) is 7.97. The highest BCUT2D eigenvalue weighted by atomic mass is 31.2. The standard InChI is InChI=1S/C10H20NO4P.C2HF3O2/c11-7-3-1-2-5-10(9(12)13)6-4-8-16(10,14)15;3-2(4,5)1(6)7/h1-8,11H2,(H,12,13)(H,14,15);(H,6,7). The number of rotatable bonds is 6. The molecule has 0 spiro atoms. The minimum absolute atomic E-state index is 0.149. The largest absolute Gasteiger partial charge is 0.490 e. The highest BCUT2D eigenvalue weighted by Gasteiger charge is 2.56. The molecule has 5 N–H and O–H groups in total. The van der Waals surface area contributed by atoms with Crippen LogP contribution in [-0.2, 0) is 14.2 Å². The van der Waals surface area contributed by atoms with Crippen LogP contribution in [0.3, 0.4) is 0 Å². The van der Waals surface area contributed by atoms with Crippen LogP contribution in [0.4, 0.5) is 13.2 Å². The molecule has 0 aromatic carbocycles. The van der Waals surface area contributed by atoms with Crippen LogP contribution < -0.4 is 5.73 Å². The number of carboxylic acid groups (broad SMARTS) is 2. The Morgan fingerprint density at radius 2 is 1.70 bits per heavy atom. The Bertz CT molecular complexity index is 470. The normalized spacial score (nSPS) is 27.2. The summed E-state index contributed by atoms with van der Waals surface area (Å²) in [5, 5.41) is 15.0. The lowest BCUT2D eigenvalue weighted by molar-refractivity contribution is -0.192. The van der Waals surface area contributed by atoms with Crippen molar-refractivity contribution < 1.29 is 42.4 Å². The number of nitrogens with two attached hydrogens (primary N) is 1. The number of hydrogen-bond donors (Lipinski definition) is 4. The van der Waals surface area contributed by atoms with Gasteiger partial charge in [0.15, 0.2) is 0 Å². The topological polar surface area (TPSA) is 138 Å². The van der Waals surface area contributed by atoms with Crippen LogP contribution in [0.25, 0.3) is 0 Å². The van der Waals surface area contributed by atoms with Gasteiger partial charge >= 0.3 is 18.1 Å². The third kappa shape index (κ3) is 6.12. The van der Waals surface area contributed by atoms with Crippen molar-refractivity contribution in [3.63, 3.8) is 0 Å². The predicted octanol–water partition coefficient (Wildman–Crippen LogP) is 2.03. The van der Waals surface area contributed by atoms with Crippen molar-refractivity contribution in [1.29, 1.82) is 0 Å². The zero-order chi connectivity index (χ0) is 18.3. The second-order valence-electron chi connectivity index (χ2n) is 5.27. The maximum absolute atomic E-state index is 11.9. The van der Waals surface area contributed by atoms with Crippen molar-refractivity contribution in [2.75, 3.05) is 12.7 Å². The predicted molar refractivity (Wildman–Crippen MR) is 75.5 cm³/mol. The molecule has 1 aliphatic rings. The highest BCUT2D eigenvalue weighted by Crippen LogP contribution is 2.64. The monoisotopic (exact) mass is 363 g/mol. The van der Waals surface area contributed by atoms with Gasteiger partial charge in [-0.3, -0.25) is 9.36 Å². The van der Waals surface area contributed by atoms with Crippen LogP contribution in [0, 0.1) is 0 Å². The number of halogens is 3. The third-order valence-corrected chi connectivity index (χ3v) is 6.55. The molecule has 7 nitrogen and oxygen atoms in total. The quantitative estimate of drug-likeness (QED) is 0.418. The Morgan fingerprint density at radius 1 is 1.17 bits per heavy atom. The van der Waals surface area contributed by atoms with Gasteiger partial charge in [0.25, 0.3) is 0 Å². The van der Waals surface area contributed by atoms with Crippen molar-refractivity contribution in [1.82, 2.24) is 0 Å². The fraction of sp³-hybridized carbons (Fsp3) is 0.833. The summed E-state index contributed by atoms with van der Waals surface area (Å²) < 4.78 is 43.7. The summed E-state index contributed by atoms with van der Waals surface area (Å²) in [4.78, 5) is 29.9. The molecular weight excluding hydrogens is 342 g/mol. The molecule has 2 unspecified atom stereocenters. The van der Waals surface area contributed by atoms with Crippen LogP contribution >= 0.6 is 7.37 Å². The molecular formula is C12H21F3NO6P. The first-order chi connectivity index (χ1) is 10.4. The number of aliphatic carboxylic acids is 2. The van der Waals surface area contributed by atoms with Crippen LogP contribution in [0.15, 0.2) is 0 Å². The van der Waals surface area contributed by atoms with Crippen molar-refractivity contribution in [3.05, 3.63) is 0 Å². The van der Waals surface area contributed by atoms with E-state index in [9.17, 15) is 32.5 Å². The lowest BCUT2D eigenvalue weighted by Crippen LogP contribution is -2.35. The van der Waals surface area contributed by atoms with Crippen LogP contribution in [-0.4, -0.2) is 51.1 Å². The van der Waals surface area contributed by atoms with E-state index in [1.807, 2.05) is 0 Å². The van der Waals surface area contributed by atoms with Gasteiger partial charge in [0.1, 0.15) is 5.16 Å². The van der Waals surface area contributed by atoms with E-state index in [1.54, 1.807) is 0 Å². The van der Waals surface area contributed by atoms with Gasteiger partial charge < -0.3 is 20.8 Å². The Morgan fingerprint density at radius 3 is 2.00 bits per heavy atom. The zero-order valence-electron chi connectivity index (χ0n) is 12.4. The molecule has 1 aliphatic heterocycles. The molecule has 2 atom stereocenters. The van der Waals surface area contributed by atoms with Crippen LogP contribution in [0.2, 0.25) is 0 Å². The average Bonchev–Trinajstić information content (AvgIpc) is 2.70.